The fraction of sp³-hybridized carbons (Fsp3) is 0.158. The molecule has 24 heavy (non-hydrogen) atoms. The van der Waals surface area contributed by atoms with Crippen LogP contribution in [0.2, 0.25) is 0 Å². The van der Waals surface area contributed by atoms with Crippen LogP contribution in [0.25, 0.3) is 6.08 Å². The Bertz CT molecular complexity index is 751. The van der Waals surface area contributed by atoms with Gasteiger partial charge in [0.1, 0.15) is 5.75 Å². The van der Waals surface area contributed by atoms with Crippen LogP contribution in [0.5, 0.6) is 5.75 Å². The number of hydrogen-bond acceptors (Lipinski definition) is 3. The summed E-state index contributed by atoms with van der Waals surface area (Å²) in [6, 6.07) is 14.4. The maximum absolute atomic E-state index is 12.2. The lowest BCUT2D eigenvalue weighted by atomic mass is 10.1. The number of benzene rings is 2. The molecule has 0 bridgehead atoms. The summed E-state index contributed by atoms with van der Waals surface area (Å²) in [5.74, 6) is 0.338. The molecule has 0 saturated heterocycles. The van der Waals surface area contributed by atoms with E-state index < -0.39 is 0 Å². The fourth-order valence-corrected chi connectivity index (χ4v) is 2.28. The summed E-state index contributed by atoms with van der Waals surface area (Å²) in [4.78, 5) is 25.1. The number of allylic oxidation sites excluding steroid dienone is 1. The van der Waals surface area contributed by atoms with Crippen molar-refractivity contribution < 1.29 is 14.3 Å². The maximum Gasteiger partial charge on any atom is 0.259 e. The molecule has 0 aliphatic carbocycles. The molecule has 124 valence electrons. The van der Waals surface area contributed by atoms with Gasteiger partial charge in [0.15, 0.2) is 12.4 Å². The molecule has 0 fully saturated rings. The molecular weight excluding hydrogens is 370 g/mol. The van der Waals surface area contributed by atoms with Crippen LogP contribution in [-0.2, 0) is 4.79 Å². The molecule has 0 aliphatic heterocycles. The SMILES string of the molecule is CN(C)C(=O)COc1ccc(C(=O)/C=C/c2ccccc2Br)cc1. The van der Waals surface area contributed by atoms with Gasteiger partial charge in [-0.2, -0.15) is 0 Å². The summed E-state index contributed by atoms with van der Waals surface area (Å²) in [6.45, 7) is -0.0256. The lowest BCUT2D eigenvalue weighted by Crippen LogP contribution is -2.27. The van der Waals surface area contributed by atoms with Crippen LogP contribution in [0.4, 0.5) is 0 Å². The van der Waals surface area contributed by atoms with Gasteiger partial charge in [0.25, 0.3) is 5.91 Å². The van der Waals surface area contributed by atoms with E-state index in [2.05, 4.69) is 15.9 Å². The van der Waals surface area contributed by atoms with Crippen molar-refractivity contribution in [3.63, 3.8) is 0 Å². The van der Waals surface area contributed by atoms with Gasteiger partial charge >= 0.3 is 0 Å². The quantitative estimate of drug-likeness (QED) is 0.559. The highest BCUT2D eigenvalue weighted by Gasteiger charge is 2.06. The Labute approximate surface area is 149 Å². The average molecular weight is 388 g/mol. The van der Waals surface area contributed by atoms with Crippen molar-refractivity contribution in [2.75, 3.05) is 20.7 Å². The zero-order valence-electron chi connectivity index (χ0n) is 13.5. The molecule has 0 spiro atoms. The van der Waals surface area contributed by atoms with Crippen LogP contribution in [-0.4, -0.2) is 37.3 Å². The second kappa shape index (κ2) is 8.45. The zero-order valence-corrected chi connectivity index (χ0v) is 15.1. The van der Waals surface area contributed by atoms with Gasteiger partial charge in [0.2, 0.25) is 0 Å². The molecule has 1 amide bonds. The largest absolute Gasteiger partial charge is 0.484 e. The van der Waals surface area contributed by atoms with E-state index in [1.54, 1.807) is 44.4 Å². The van der Waals surface area contributed by atoms with Gasteiger partial charge in [-0.1, -0.05) is 34.1 Å². The monoisotopic (exact) mass is 387 g/mol. The smallest absolute Gasteiger partial charge is 0.259 e. The molecule has 2 rings (SSSR count). The molecule has 0 radical (unpaired) electrons. The number of halogens is 1. The van der Waals surface area contributed by atoms with Crippen molar-refractivity contribution in [1.82, 2.24) is 4.90 Å². The van der Waals surface area contributed by atoms with Gasteiger partial charge < -0.3 is 9.64 Å². The number of carbonyl (C=O) groups excluding carboxylic acids is 2. The highest BCUT2D eigenvalue weighted by Crippen LogP contribution is 2.18. The number of likely N-dealkylation sites (N-methyl/N-ethyl adjacent to an activating group) is 1. The molecule has 0 unspecified atom stereocenters. The zero-order chi connectivity index (χ0) is 17.5. The predicted octanol–water partition coefficient (Wildman–Crippen LogP) is 3.81. The Hall–Kier alpha value is -2.40. The van der Waals surface area contributed by atoms with Crippen LogP contribution in [0.15, 0.2) is 59.1 Å². The summed E-state index contributed by atoms with van der Waals surface area (Å²) in [5, 5.41) is 0. The van der Waals surface area contributed by atoms with Gasteiger partial charge in [-0.25, -0.2) is 0 Å². The first-order valence-electron chi connectivity index (χ1n) is 7.37. The first-order valence-corrected chi connectivity index (χ1v) is 8.16. The molecule has 0 N–H and O–H groups in total. The van der Waals surface area contributed by atoms with Gasteiger partial charge in [-0.15, -0.1) is 0 Å². The van der Waals surface area contributed by atoms with E-state index in [1.165, 1.54) is 11.0 Å². The average Bonchev–Trinajstić information content (AvgIpc) is 2.59. The van der Waals surface area contributed by atoms with Crippen LogP contribution in [0.3, 0.4) is 0 Å². The highest BCUT2D eigenvalue weighted by atomic mass is 79.9. The minimum atomic E-state index is -0.119. The van der Waals surface area contributed by atoms with Crippen molar-refractivity contribution in [3.8, 4) is 5.75 Å². The first-order chi connectivity index (χ1) is 11.5. The Morgan fingerprint density at radius 2 is 1.75 bits per heavy atom. The number of ether oxygens (including phenoxy) is 1. The summed E-state index contributed by atoms with van der Waals surface area (Å²) in [6.07, 6.45) is 3.30. The Morgan fingerprint density at radius 3 is 2.38 bits per heavy atom. The maximum atomic E-state index is 12.2. The lowest BCUT2D eigenvalue weighted by molar-refractivity contribution is -0.130. The number of nitrogens with zero attached hydrogens (tertiary/aromatic N) is 1. The minimum absolute atomic E-state index is 0.0256. The second-order valence-corrected chi connectivity index (χ2v) is 6.17. The topological polar surface area (TPSA) is 46.6 Å². The van der Waals surface area contributed by atoms with Crippen molar-refractivity contribution in [2.24, 2.45) is 0 Å². The number of amides is 1. The van der Waals surface area contributed by atoms with Crippen LogP contribution in [0.1, 0.15) is 15.9 Å². The van der Waals surface area contributed by atoms with E-state index >= 15 is 0 Å². The first kappa shape index (κ1) is 17.9. The van der Waals surface area contributed by atoms with E-state index in [0.29, 0.717) is 11.3 Å². The third-order valence-corrected chi connectivity index (χ3v) is 4.04. The van der Waals surface area contributed by atoms with Crippen molar-refractivity contribution in [3.05, 3.63) is 70.2 Å². The van der Waals surface area contributed by atoms with Crippen molar-refractivity contribution >= 4 is 33.7 Å². The van der Waals surface area contributed by atoms with E-state index in [1.807, 2.05) is 24.3 Å². The number of ketones is 1. The minimum Gasteiger partial charge on any atom is -0.484 e. The highest BCUT2D eigenvalue weighted by molar-refractivity contribution is 9.10. The van der Waals surface area contributed by atoms with Gasteiger partial charge in [0.05, 0.1) is 0 Å². The molecular formula is C19H18BrNO3. The molecule has 2 aromatic rings. The summed E-state index contributed by atoms with van der Waals surface area (Å²) < 4.78 is 6.32. The molecule has 0 atom stereocenters. The van der Waals surface area contributed by atoms with E-state index in [9.17, 15) is 9.59 Å². The van der Waals surface area contributed by atoms with E-state index in [0.717, 1.165) is 10.0 Å². The van der Waals surface area contributed by atoms with Crippen LogP contribution in [0, 0.1) is 0 Å². The Morgan fingerprint density at radius 1 is 1.08 bits per heavy atom. The molecule has 4 nitrogen and oxygen atoms in total. The second-order valence-electron chi connectivity index (χ2n) is 5.32. The summed E-state index contributed by atoms with van der Waals surface area (Å²) >= 11 is 3.44. The van der Waals surface area contributed by atoms with Gasteiger partial charge in [-0.05, 0) is 48.0 Å². The molecule has 2 aromatic carbocycles. The van der Waals surface area contributed by atoms with Crippen molar-refractivity contribution in [2.45, 2.75) is 0 Å². The third kappa shape index (κ3) is 5.06. The normalized spacial score (nSPS) is 10.6. The Kier molecular flexibility index (Phi) is 6.32. The van der Waals surface area contributed by atoms with E-state index in [4.69, 9.17) is 4.74 Å². The molecule has 0 aliphatic rings. The van der Waals surface area contributed by atoms with Gasteiger partial charge in [-0.3, -0.25) is 9.59 Å². The van der Waals surface area contributed by atoms with Crippen molar-refractivity contribution in [1.29, 1.82) is 0 Å². The third-order valence-electron chi connectivity index (χ3n) is 3.32. The summed E-state index contributed by atoms with van der Waals surface area (Å²) in [7, 11) is 3.34. The summed E-state index contributed by atoms with van der Waals surface area (Å²) in [5.41, 5.74) is 1.50. The Balaban J connectivity index is 1.98. The number of hydrogen-bond donors (Lipinski definition) is 0. The molecule has 5 heteroatoms. The molecule has 0 saturated carbocycles. The predicted molar refractivity (Wildman–Crippen MR) is 98.1 cm³/mol. The molecule has 0 aromatic heterocycles. The fourth-order valence-electron chi connectivity index (χ4n) is 1.86. The number of rotatable bonds is 6. The van der Waals surface area contributed by atoms with Gasteiger partial charge in [0, 0.05) is 24.1 Å². The van der Waals surface area contributed by atoms with Crippen LogP contribution >= 0.6 is 15.9 Å². The lowest BCUT2D eigenvalue weighted by Gasteiger charge is -2.11. The molecule has 0 heterocycles. The van der Waals surface area contributed by atoms with E-state index in [-0.39, 0.29) is 18.3 Å². The van der Waals surface area contributed by atoms with Crippen LogP contribution < -0.4 is 4.74 Å². The number of carbonyl (C=O) groups is 2. The standard InChI is InChI=1S/C19H18BrNO3/c1-21(2)19(23)13-24-16-10-7-15(8-11-16)18(22)12-9-14-5-3-4-6-17(14)20/h3-12H,13H2,1-2H3/b12-9+.